The van der Waals surface area contributed by atoms with Crippen LogP contribution in [0.5, 0.6) is 0 Å². The van der Waals surface area contributed by atoms with Gasteiger partial charge in [0.1, 0.15) is 18.3 Å². The predicted octanol–water partition coefficient (Wildman–Crippen LogP) is 6.76. The van der Waals surface area contributed by atoms with Gasteiger partial charge in [-0.2, -0.15) is 0 Å². The highest BCUT2D eigenvalue weighted by molar-refractivity contribution is 7.85. The molecule has 0 amide bonds. The molecule has 8 nitrogen and oxygen atoms in total. The van der Waals surface area contributed by atoms with Gasteiger partial charge in [-0.15, -0.1) is 0 Å². The second kappa shape index (κ2) is 18.2. The lowest BCUT2D eigenvalue weighted by Gasteiger charge is -2.45. The molecule has 0 bridgehead atoms. The van der Waals surface area contributed by atoms with Gasteiger partial charge in [0.25, 0.3) is 0 Å². The Morgan fingerprint density at radius 1 is 0.667 bits per heavy atom. The van der Waals surface area contributed by atoms with Crippen molar-refractivity contribution in [2.24, 2.45) is 0 Å². The van der Waals surface area contributed by atoms with Crippen LogP contribution in [-0.2, 0) is 70.4 Å². The van der Waals surface area contributed by atoms with Crippen LogP contribution >= 0.6 is 0 Å². The molecular formula is C39H44O8S. The maximum Gasteiger partial charge on any atom is 0.303 e. The summed E-state index contributed by atoms with van der Waals surface area (Å²) in [6, 6.07) is 37.0. The van der Waals surface area contributed by atoms with Gasteiger partial charge in [0.2, 0.25) is 0 Å². The molecule has 0 spiro atoms. The molecule has 0 radical (unpaired) electrons. The van der Waals surface area contributed by atoms with Crippen LogP contribution in [0.15, 0.2) is 120 Å². The summed E-state index contributed by atoms with van der Waals surface area (Å²) in [5, 5.41) is -0.0738. The van der Waals surface area contributed by atoms with Crippen LogP contribution in [0.1, 0.15) is 43.0 Å². The van der Waals surface area contributed by atoms with Crippen molar-refractivity contribution in [3.8, 4) is 0 Å². The normalized spacial score (nSPS) is 21.5. The number of carbonyl (C=O) groups excluding carboxylic acids is 1. The summed E-state index contributed by atoms with van der Waals surface area (Å²) in [7, 11) is -1.23. The van der Waals surface area contributed by atoms with E-state index in [0.717, 1.165) is 22.3 Å². The summed E-state index contributed by atoms with van der Waals surface area (Å²) in [6.45, 7) is 6.32. The van der Waals surface area contributed by atoms with E-state index >= 15 is 0 Å². The van der Waals surface area contributed by atoms with Crippen molar-refractivity contribution >= 4 is 16.8 Å². The minimum atomic E-state index is -1.23. The SMILES string of the molecule is CC(=O)OC1[C@H](OCc2ccccc2S(=O)C(C)C)OC(COCc2ccccc2)[C@H](OCc2ccccc2)[C@@H]1OCc1ccccc1. The molecule has 0 saturated carbocycles. The van der Waals surface area contributed by atoms with Crippen LogP contribution in [0.3, 0.4) is 0 Å². The Bertz CT molecular complexity index is 1570. The Labute approximate surface area is 285 Å². The Morgan fingerprint density at radius 2 is 1.19 bits per heavy atom. The van der Waals surface area contributed by atoms with E-state index in [1.807, 2.05) is 129 Å². The molecule has 1 saturated heterocycles. The zero-order valence-electron chi connectivity index (χ0n) is 27.6. The molecule has 48 heavy (non-hydrogen) atoms. The lowest BCUT2D eigenvalue weighted by Crippen LogP contribution is -2.62. The number of ether oxygens (including phenoxy) is 6. The van der Waals surface area contributed by atoms with Crippen LogP contribution in [0.25, 0.3) is 0 Å². The maximum atomic E-state index is 13.1. The van der Waals surface area contributed by atoms with Gasteiger partial charge in [-0.1, -0.05) is 123 Å². The molecule has 9 heteroatoms. The molecule has 5 rings (SSSR count). The van der Waals surface area contributed by atoms with E-state index in [2.05, 4.69) is 0 Å². The summed E-state index contributed by atoms with van der Waals surface area (Å²) < 4.78 is 51.4. The molecule has 1 aliphatic heterocycles. The summed E-state index contributed by atoms with van der Waals surface area (Å²) in [5.74, 6) is -0.507. The zero-order chi connectivity index (χ0) is 33.7. The smallest absolute Gasteiger partial charge is 0.303 e. The fourth-order valence-corrected chi connectivity index (χ4v) is 6.61. The largest absolute Gasteiger partial charge is 0.454 e. The van der Waals surface area contributed by atoms with E-state index in [1.54, 1.807) is 0 Å². The van der Waals surface area contributed by atoms with Crippen molar-refractivity contribution in [1.82, 2.24) is 0 Å². The predicted molar refractivity (Wildman–Crippen MR) is 183 cm³/mol. The van der Waals surface area contributed by atoms with Crippen molar-refractivity contribution in [2.45, 2.75) is 88.1 Å². The number of hydrogen-bond donors (Lipinski definition) is 0. The van der Waals surface area contributed by atoms with Crippen LogP contribution in [0.2, 0.25) is 0 Å². The molecule has 6 atom stereocenters. The third kappa shape index (κ3) is 10.2. The van der Waals surface area contributed by atoms with E-state index in [9.17, 15) is 9.00 Å². The number of hydrogen-bond acceptors (Lipinski definition) is 8. The van der Waals surface area contributed by atoms with E-state index in [4.69, 9.17) is 28.4 Å². The Morgan fingerprint density at radius 3 is 1.75 bits per heavy atom. The van der Waals surface area contributed by atoms with Gasteiger partial charge >= 0.3 is 5.97 Å². The van der Waals surface area contributed by atoms with Crippen molar-refractivity contribution in [3.63, 3.8) is 0 Å². The van der Waals surface area contributed by atoms with Gasteiger partial charge in [0, 0.05) is 17.1 Å². The first-order valence-corrected chi connectivity index (χ1v) is 17.5. The summed E-state index contributed by atoms with van der Waals surface area (Å²) in [5.41, 5.74) is 3.70. The monoisotopic (exact) mass is 672 g/mol. The molecule has 0 N–H and O–H groups in total. The molecular weight excluding hydrogens is 628 g/mol. The number of benzene rings is 4. The van der Waals surface area contributed by atoms with Gasteiger partial charge in [-0.05, 0) is 28.3 Å². The highest BCUT2D eigenvalue weighted by Gasteiger charge is 2.50. The van der Waals surface area contributed by atoms with Crippen LogP contribution < -0.4 is 0 Å². The second-order valence-corrected chi connectivity index (χ2v) is 13.9. The topological polar surface area (TPSA) is 89.5 Å². The highest BCUT2D eigenvalue weighted by atomic mass is 32.2. The first-order chi connectivity index (χ1) is 23.4. The fourth-order valence-electron chi connectivity index (χ4n) is 5.50. The van der Waals surface area contributed by atoms with Crippen molar-refractivity contribution in [2.75, 3.05) is 6.61 Å². The average molecular weight is 673 g/mol. The van der Waals surface area contributed by atoms with E-state index < -0.39 is 47.5 Å². The minimum Gasteiger partial charge on any atom is -0.454 e. The van der Waals surface area contributed by atoms with Gasteiger partial charge < -0.3 is 28.4 Å². The van der Waals surface area contributed by atoms with Crippen LogP contribution in [0, 0.1) is 0 Å². The molecule has 3 unspecified atom stereocenters. The Balaban J connectivity index is 1.45. The summed E-state index contributed by atoms with van der Waals surface area (Å²) >= 11 is 0. The maximum absolute atomic E-state index is 13.1. The summed E-state index contributed by atoms with van der Waals surface area (Å²) in [6.07, 6.45) is -4.11. The number of esters is 1. The second-order valence-electron chi connectivity index (χ2n) is 11.9. The van der Waals surface area contributed by atoms with E-state index in [1.165, 1.54) is 6.92 Å². The lowest BCUT2D eigenvalue weighted by molar-refractivity contribution is -0.323. The third-order valence-electron chi connectivity index (χ3n) is 7.88. The molecule has 1 aliphatic rings. The Hall–Kier alpha value is -3.70. The first-order valence-electron chi connectivity index (χ1n) is 16.2. The van der Waals surface area contributed by atoms with Crippen LogP contribution in [0.4, 0.5) is 0 Å². The third-order valence-corrected chi connectivity index (χ3v) is 9.57. The molecule has 1 fully saturated rings. The molecule has 254 valence electrons. The first kappa shape index (κ1) is 35.6. The molecule has 4 aromatic carbocycles. The molecule has 0 aliphatic carbocycles. The fraction of sp³-hybridized carbons (Fsp3) is 0.359. The Kier molecular flexibility index (Phi) is 13.5. The van der Waals surface area contributed by atoms with Crippen molar-refractivity contribution < 1.29 is 37.4 Å². The quantitative estimate of drug-likeness (QED) is 0.121. The number of carbonyl (C=O) groups is 1. The minimum absolute atomic E-state index is 0.0738. The lowest BCUT2D eigenvalue weighted by atomic mass is 9.97. The average Bonchev–Trinajstić information content (AvgIpc) is 3.11. The zero-order valence-corrected chi connectivity index (χ0v) is 28.5. The summed E-state index contributed by atoms with van der Waals surface area (Å²) in [4.78, 5) is 13.3. The van der Waals surface area contributed by atoms with Crippen molar-refractivity contribution in [1.29, 1.82) is 0 Å². The van der Waals surface area contributed by atoms with Gasteiger partial charge in [0.05, 0.1) is 43.8 Å². The van der Waals surface area contributed by atoms with Crippen LogP contribution in [-0.4, -0.2) is 52.7 Å². The van der Waals surface area contributed by atoms with Gasteiger partial charge in [-0.25, -0.2) is 0 Å². The van der Waals surface area contributed by atoms with E-state index in [-0.39, 0.29) is 31.7 Å². The molecule has 1 heterocycles. The molecule has 0 aromatic heterocycles. The highest BCUT2D eigenvalue weighted by Crippen LogP contribution is 2.32. The van der Waals surface area contributed by atoms with Gasteiger partial charge in [0.15, 0.2) is 12.4 Å². The van der Waals surface area contributed by atoms with Gasteiger partial charge in [-0.3, -0.25) is 9.00 Å². The van der Waals surface area contributed by atoms with E-state index in [0.29, 0.717) is 11.5 Å². The molecule has 4 aromatic rings. The number of rotatable bonds is 16. The standard InChI is InChI=1S/C39H44O8S/c1-28(2)48(41)35-22-14-13-21-33(35)26-45-39-38(46-29(3)40)37(44-25-32-19-11-6-12-20-32)36(43-24-31-17-9-5-10-18-31)34(47-39)27-42-23-30-15-7-4-8-16-30/h4-22,28,34,36-39H,23-27H2,1-3H3/t34?,36-,37-,38?,39+,48?/m0/s1. The van der Waals surface area contributed by atoms with Crippen molar-refractivity contribution in [3.05, 3.63) is 138 Å².